The second-order valence-electron chi connectivity index (χ2n) is 5.68. The molecule has 1 unspecified atom stereocenters. The molecule has 5 nitrogen and oxygen atoms in total. The van der Waals surface area contributed by atoms with Crippen molar-refractivity contribution in [2.24, 2.45) is 0 Å². The van der Waals surface area contributed by atoms with Gasteiger partial charge in [0.05, 0.1) is 12.3 Å². The van der Waals surface area contributed by atoms with Crippen molar-refractivity contribution in [1.82, 2.24) is 15.0 Å². The zero-order valence-corrected chi connectivity index (χ0v) is 13.2. The van der Waals surface area contributed by atoms with Crippen molar-refractivity contribution < 1.29 is 9.15 Å². The van der Waals surface area contributed by atoms with Crippen LogP contribution in [0.4, 0.5) is 0 Å². The lowest BCUT2D eigenvalue weighted by Gasteiger charge is -2.00. The van der Waals surface area contributed by atoms with Gasteiger partial charge in [-0.3, -0.25) is 0 Å². The molecule has 3 aromatic rings. The van der Waals surface area contributed by atoms with E-state index in [9.17, 15) is 0 Å². The first kappa shape index (κ1) is 14.5. The van der Waals surface area contributed by atoms with E-state index in [1.54, 1.807) is 4.68 Å². The second-order valence-corrected chi connectivity index (χ2v) is 6.11. The summed E-state index contributed by atoms with van der Waals surface area (Å²) in [4.78, 5) is 0. The highest BCUT2D eigenvalue weighted by atomic mass is 35.5. The van der Waals surface area contributed by atoms with Crippen molar-refractivity contribution in [1.29, 1.82) is 0 Å². The normalized spacial score (nSPS) is 17.7. The van der Waals surface area contributed by atoms with Crippen LogP contribution in [0.2, 0.25) is 5.02 Å². The third-order valence-corrected chi connectivity index (χ3v) is 4.23. The molecule has 2 aromatic heterocycles. The average molecular weight is 330 g/mol. The first-order chi connectivity index (χ1) is 11.3. The van der Waals surface area contributed by atoms with Gasteiger partial charge in [0, 0.05) is 29.3 Å². The lowest BCUT2D eigenvalue weighted by atomic mass is 10.1. The number of ether oxygens (including phenoxy) is 1. The van der Waals surface area contributed by atoms with Crippen LogP contribution >= 0.6 is 11.6 Å². The molecule has 1 aliphatic heterocycles. The maximum absolute atomic E-state index is 6.02. The number of benzene rings is 1. The van der Waals surface area contributed by atoms with Gasteiger partial charge in [0.15, 0.2) is 0 Å². The lowest BCUT2D eigenvalue weighted by Crippen LogP contribution is -1.99. The summed E-state index contributed by atoms with van der Waals surface area (Å²) in [5.41, 5.74) is 1.95. The third kappa shape index (κ3) is 3.16. The standard InChI is InChI=1S/C17H16ClN3O2/c18-14-3-1-2-12(8-14)17-5-4-15(23-17)9-21-10-16(19-20-21)13-6-7-22-11-13/h1-5,8,10,13H,6-7,9,11H2. The number of halogens is 1. The SMILES string of the molecule is Clc1cccc(-c2ccc(Cn3cc(C4CCOC4)nn3)o2)c1. The molecule has 0 amide bonds. The Bertz CT molecular complexity index is 806. The van der Waals surface area contributed by atoms with Gasteiger partial charge in [0.2, 0.25) is 0 Å². The maximum Gasteiger partial charge on any atom is 0.134 e. The van der Waals surface area contributed by atoms with Crippen molar-refractivity contribution in [2.45, 2.75) is 18.9 Å². The van der Waals surface area contributed by atoms with Crippen LogP contribution in [0.15, 0.2) is 47.0 Å². The van der Waals surface area contributed by atoms with E-state index >= 15 is 0 Å². The van der Waals surface area contributed by atoms with Gasteiger partial charge in [-0.05, 0) is 30.7 Å². The molecule has 0 N–H and O–H groups in total. The number of aromatic nitrogens is 3. The highest BCUT2D eigenvalue weighted by Gasteiger charge is 2.21. The second kappa shape index (κ2) is 6.18. The molecular weight excluding hydrogens is 314 g/mol. The molecule has 0 radical (unpaired) electrons. The average Bonchev–Trinajstić information content (AvgIpc) is 3.29. The fourth-order valence-corrected chi connectivity index (χ4v) is 2.96. The van der Waals surface area contributed by atoms with E-state index in [0.29, 0.717) is 17.5 Å². The Labute approximate surface area is 138 Å². The summed E-state index contributed by atoms with van der Waals surface area (Å²) in [5, 5.41) is 9.12. The molecule has 1 saturated heterocycles. The predicted molar refractivity (Wildman–Crippen MR) is 86.5 cm³/mol. The van der Waals surface area contributed by atoms with E-state index in [1.165, 1.54) is 0 Å². The smallest absolute Gasteiger partial charge is 0.134 e. The van der Waals surface area contributed by atoms with Crippen molar-refractivity contribution >= 4 is 11.6 Å². The van der Waals surface area contributed by atoms with Crippen LogP contribution in [0.1, 0.15) is 23.8 Å². The van der Waals surface area contributed by atoms with E-state index in [2.05, 4.69) is 10.3 Å². The Morgan fingerprint density at radius 1 is 1.26 bits per heavy atom. The molecule has 1 atom stereocenters. The summed E-state index contributed by atoms with van der Waals surface area (Å²) >= 11 is 6.02. The van der Waals surface area contributed by atoms with Crippen LogP contribution in [0, 0.1) is 0 Å². The summed E-state index contributed by atoms with van der Waals surface area (Å²) in [6.07, 6.45) is 2.99. The van der Waals surface area contributed by atoms with Crippen molar-refractivity contribution in [2.75, 3.05) is 13.2 Å². The topological polar surface area (TPSA) is 53.1 Å². The molecule has 0 aliphatic carbocycles. The predicted octanol–water partition coefficient (Wildman–Crippen LogP) is 3.74. The molecule has 1 aromatic carbocycles. The molecule has 118 valence electrons. The summed E-state index contributed by atoms with van der Waals surface area (Å²) in [6, 6.07) is 11.5. The van der Waals surface area contributed by atoms with Crippen LogP contribution in [0.3, 0.4) is 0 Å². The highest BCUT2D eigenvalue weighted by Crippen LogP contribution is 2.26. The van der Waals surface area contributed by atoms with Crippen molar-refractivity contribution in [3.8, 4) is 11.3 Å². The molecule has 1 fully saturated rings. The summed E-state index contributed by atoms with van der Waals surface area (Å²) in [7, 11) is 0. The Morgan fingerprint density at radius 3 is 3.04 bits per heavy atom. The van der Waals surface area contributed by atoms with Crippen LogP contribution in [0.5, 0.6) is 0 Å². The molecule has 1 aliphatic rings. The number of hydrogen-bond donors (Lipinski definition) is 0. The van der Waals surface area contributed by atoms with Gasteiger partial charge < -0.3 is 9.15 Å². The number of hydrogen-bond acceptors (Lipinski definition) is 4. The summed E-state index contributed by atoms with van der Waals surface area (Å²) < 4.78 is 13.1. The monoisotopic (exact) mass is 329 g/mol. The van der Waals surface area contributed by atoms with E-state index in [0.717, 1.165) is 42.4 Å². The van der Waals surface area contributed by atoms with Gasteiger partial charge in [-0.1, -0.05) is 28.9 Å². The molecule has 23 heavy (non-hydrogen) atoms. The third-order valence-electron chi connectivity index (χ3n) is 3.99. The maximum atomic E-state index is 6.02. The minimum absolute atomic E-state index is 0.363. The van der Waals surface area contributed by atoms with E-state index < -0.39 is 0 Å². The van der Waals surface area contributed by atoms with Crippen LogP contribution in [-0.4, -0.2) is 28.2 Å². The number of furan rings is 1. The fourth-order valence-electron chi connectivity index (χ4n) is 2.76. The Balaban J connectivity index is 1.49. The van der Waals surface area contributed by atoms with Crippen molar-refractivity contribution in [3.05, 3.63) is 59.1 Å². The molecule has 0 bridgehead atoms. The van der Waals surface area contributed by atoms with Crippen molar-refractivity contribution in [3.63, 3.8) is 0 Å². The molecule has 0 spiro atoms. The zero-order valence-electron chi connectivity index (χ0n) is 12.5. The fraction of sp³-hybridized carbons (Fsp3) is 0.294. The molecule has 4 rings (SSSR count). The van der Waals surface area contributed by atoms with Gasteiger partial charge in [0.25, 0.3) is 0 Å². The molecule has 3 heterocycles. The van der Waals surface area contributed by atoms with E-state index in [-0.39, 0.29) is 0 Å². The molecular formula is C17H16ClN3O2. The first-order valence-electron chi connectivity index (χ1n) is 7.60. The number of nitrogens with zero attached hydrogens (tertiary/aromatic N) is 3. The Kier molecular flexibility index (Phi) is 3.89. The highest BCUT2D eigenvalue weighted by molar-refractivity contribution is 6.30. The van der Waals surface area contributed by atoms with Crippen LogP contribution < -0.4 is 0 Å². The van der Waals surface area contributed by atoms with Gasteiger partial charge in [0.1, 0.15) is 18.1 Å². The lowest BCUT2D eigenvalue weighted by molar-refractivity contribution is 0.193. The minimum Gasteiger partial charge on any atom is -0.459 e. The first-order valence-corrected chi connectivity index (χ1v) is 7.98. The summed E-state index contributed by atoms with van der Waals surface area (Å²) in [6.45, 7) is 2.10. The van der Waals surface area contributed by atoms with Gasteiger partial charge in [-0.25, -0.2) is 4.68 Å². The van der Waals surface area contributed by atoms with E-state index in [1.807, 2.05) is 42.6 Å². The van der Waals surface area contributed by atoms with Crippen LogP contribution in [0.25, 0.3) is 11.3 Å². The quantitative estimate of drug-likeness (QED) is 0.731. The molecule has 0 saturated carbocycles. The van der Waals surface area contributed by atoms with Gasteiger partial charge >= 0.3 is 0 Å². The van der Waals surface area contributed by atoms with Gasteiger partial charge in [-0.15, -0.1) is 5.10 Å². The van der Waals surface area contributed by atoms with Crippen LogP contribution in [-0.2, 0) is 11.3 Å². The minimum atomic E-state index is 0.363. The van der Waals surface area contributed by atoms with Gasteiger partial charge in [-0.2, -0.15) is 0 Å². The van der Waals surface area contributed by atoms with E-state index in [4.69, 9.17) is 20.8 Å². The zero-order chi connectivity index (χ0) is 15.6. The Hall–Kier alpha value is -2.11. The summed E-state index contributed by atoms with van der Waals surface area (Å²) in [5.74, 6) is 1.99. The number of rotatable bonds is 4. The molecule has 6 heteroatoms. The largest absolute Gasteiger partial charge is 0.459 e. The Morgan fingerprint density at radius 2 is 2.22 bits per heavy atom.